The molecule has 0 spiro atoms. The minimum absolute atomic E-state index is 0. The monoisotopic (exact) mass is 2260 g/mol. The van der Waals surface area contributed by atoms with Gasteiger partial charge in [0.15, 0.2) is 0 Å². The number of hydrogen-bond donors (Lipinski definition) is 2. The maximum Gasteiger partial charge on any atom is 1.00 e. The molecule has 12 aliphatic rings. The van der Waals surface area contributed by atoms with Gasteiger partial charge in [-0.15, -0.1) is 128 Å². The smallest absolute Gasteiger partial charge is 0.668 e. The predicted octanol–water partition coefficient (Wildman–Crippen LogP) is 25.8. The number of aromatic nitrogens is 2. The number of rotatable bonds is 48. The van der Waals surface area contributed by atoms with Gasteiger partial charge < -0.3 is 25.6 Å². The van der Waals surface area contributed by atoms with Crippen LogP contribution in [0, 0.1) is 27.9 Å². The van der Waals surface area contributed by atoms with Crippen molar-refractivity contribution in [2.45, 2.75) is 300 Å². The number of hydrogen-bond acceptors (Lipinski definition) is 11. The van der Waals surface area contributed by atoms with Crippen LogP contribution in [-0.4, -0.2) is 257 Å². The maximum atomic E-state index is 14.1. The first-order chi connectivity index (χ1) is 57.1. The van der Waals surface area contributed by atoms with Gasteiger partial charge in [0.25, 0.3) is 0 Å². The van der Waals surface area contributed by atoms with E-state index in [2.05, 4.69) is 60.2 Å². The van der Waals surface area contributed by atoms with Gasteiger partial charge in [-0.05, 0) is 244 Å². The molecule has 123 heavy (non-hydrogen) atoms. The van der Waals surface area contributed by atoms with Gasteiger partial charge >= 0.3 is 58.1 Å². The summed E-state index contributed by atoms with van der Waals surface area (Å²) in [6, 6.07) is 2.98. The van der Waals surface area contributed by atoms with Crippen molar-refractivity contribution < 1.29 is 56.2 Å². The zero-order valence-corrected chi connectivity index (χ0v) is 93.9. The Morgan fingerprint density at radius 3 is 0.837 bits per heavy atom. The summed E-state index contributed by atoms with van der Waals surface area (Å²) >= 11 is 100. The summed E-state index contributed by atoms with van der Waals surface area (Å²) in [5, 5.41) is 19.5. The Hall–Kier alpha value is 5.72. The van der Waals surface area contributed by atoms with Crippen molar-refractivity contribution in [1.82, 2.24) is 46.9 Å². The third-order valence-electron chi connectivity index (χ3n) is 20.1. The van der Waals surface area contributed by atoms with Crippen LogP contribution in [0.4, 0.5) is 5.95 Å². The van der Waals surface area contributed by atoms with Crippen LogP contribution in [0.1, 0.15) is 206 Å². The maximum absolute atomic E-state index is 14.1. The fourth-order valence-corrected chi connectivity index (χ4v) is 37.6. The number of imidazole rings is 1. The molecule has 0 bridgehead atoms. The standard InChI is InChI=1S/C15H24Cl2N5O4P.2C10H18Cl3N2OP.3C6H11Cl.C6H18NSi2.2C5H9Cl3NOP.C3H7N.C2H5BrO.CH4.Li/c1-19-14(10-18-15(19)22(23)24)11-26-27(25,20(8-6-16)12-2-3-12)21(9-7-17)13-4-5-13;2*11-5-7-14(9-1-2-9)17(13,16)15(8-6-12)10-3-4-10;3*7-5-1-2-6-3-4-6;1-8(2,3)7-9(4,5)6;2*6-3-4-9(5-1-2-5)11(7,8)10;4-3-1-2-3;3-1-2-4;;/h10,12-13H,2-9,11H2,1H3;2*9-10H,1-8H2;3*6H,1-5H2;1-6H3;2*5H,1-4H2;3H,1-2,4H2;4H,1-2H2;1H4;/q;;;;;;-1;;;;;;+1. The van der Waals surface area contributed by atoms with Gasteiger partial charge in [-0.3, -0.25) is 27.3 Å². The van der Waals surface area contributed by atoms with Crippen LogP contribution in [0.15, 0.2) is 6.20 Å². The Balaban J connectivity index is 0.000000706. The van der Waals surface area contributed by atoms with Crippen LogP contribution in [0.2, 0.25) is 39.3 Å². The van der Waals surface area contributed by atoms with E-state index in [4.69, 9.17) is 215 Å². The van der Waals surface area contributed by atoms with Gasteiger partial charge in [-0.1, -0.05) is 123 Å². The van der Waals surface area contributed by atoms with E-state index >= 15 is 0 Å². The van der Waals surface area contributed by atoms with E-state index in [1.54, 1.807) is 16.4 Å². The molecule has 0 radical (unpaired) electrons. The topological polar surface area (TPSA) is 242 Å². The first-order valence-electron chi connectivity index (χ1n) is 43.0. The molecule has 12 fully saturated rings. The van der Waals surface area contributed by atoms with Crippen molar-refractivity contribution in [3.8, 4) is 0 Å². The molecule has 0 unspecified atom stereocenters. The average Bonchev–Trinajstić information content (AvgIpc) is 1.65. The molecule has 1 aromatic heterocycles. The second kappa shape index (κ2) is 66.4. The second-order valence-corrected chi connectivity index (χ2v) is 66.8. The van der Waals surface area contributed by atoms with Crippen LogP contribution in [0.3, 0.4) is 0 Å². The normalized spacial score (nSPS) is 18.9. The van der Waals surface area contributed by atoms with Crippen LogP contribution < -0.4 is 24.6 Å². The predicted molar refractivity (Wildman–Crippen MR) is 544 cm³/mol. The molecular formula is C75H145BrCl17LiN13O9P5Si2. The van der Waals surface area contributed by atoms with Crippen LogP contribution in [0.5, 0.6) is 0 Å². The number of nitro groups is 1. The Bertz CT molecular complexity index is 3000. The number of aliphatic hydroxyl groups is 1. The third kappa shape index (κ3) is 57.3. The molecule has 724 valence electrons. The largest absolute Gasteiger partial charge is 1.00 e. The van der Waals surface area contributed by atoms with E-state index in [1.165, 1.54) is 101 Å². The second-order valence-electron chi connectivity index (χ2n) is 34.1. The quantitative estimate of drug-likeness (QED) is 0.0203. The van der Waals surface area contributed by atoms with E-state index in [1.807, 2.05) is 28.0 Å². The first-order valence-corrected chi connectivity index (χ1v) is 70.4. The summed E-state index contributed by atoms with van der Waals surface area (Å²) in [5.41, 5.74) is 5.71. The van der Waals surface area contributed by atoms with Gasteiger partial charge in [-0.25, -0.2) is 41.9 Å². The van der Waals surface area contributed by atoms with Crippen molar-refractivity contribution in [2.75, 3.05) is 129 Å². The molecule has 0 aliphatic heterocycles. The molecule has 22 nitrogen and oxygen atoms in total. The molecule has 13 rings (SSSR count). The van der Waals surface area contributed by atoms with E-state index in [9.17, 15) is 32.9 Å². The zero-order valence-electron chi connectivity index (χ0n) is 73.0. The van der Waals surface area contributed by atoms with Crippen molar-refractivity contribution in [1.29, 1.82) is 0 Å². The first kappa shape index (κ1) is 127. The Morgan fingerprint density at radius 2 is 0.675 bits per heavy atom. The van der Waals surface area contributed by atoms with Gasteiger partial charge in [0.05, 0.1) is 13.7 Å². The molecular weight excluding hydrogens is 2130 g/mol. The summed E-state index contributed by atoms with van der Waals surface area (Å²) in [4.78, 5) is 14.2. The Labute approximate surface area is 847 Å². The van der Waals surface area contributed by atoms with Crippen LogP contribution in [0.25, 0.3) is 4.65 Å². The summed E-state index contributed by atoms with van der Waals surface area (Å²) in [5.74, 6) is 2.71. The average molecular weight is 2270 g/mol. The number of aliphatic hydroxyl groups excluding tert-OH is 1. The molecule has 12 saturated carbocycles. The molecule has 0 aromatic carbocycles. The summed E-state index contributed by atoms with van der Waals surface area (Å²) < 4.78 is 89.0. The van der Waals surface area contributed by atoms with Gasteiger partial charge in [0.1, 0.15) is 18.5 Å². The third-order valence-corrected chi connectivity index (χ3v) is 42.3. The molecule has 1 aromatic rings. The molecule has 3 N–H and O–H groups in total. The molecule has 0 saturated heterocycles. The van der Waals surface area contributed by atoms with Gasteiger partial charge in [0.2, 0.25) is 0 Å². The van der Waals surface area contributed by atoms with E-state index in [0.717, 1.165) is 138 Å². The number of halogens is 18. The fraction of sp³-hybridized carbons (Fsp3) is 0.960. The molecule has 48 heteroatoms. The Kier molecular flexibility index (Phi) is 68.4. The number of alkyl halides is 12. The molecule has 12 aliphatic carbocycles. The molecule has 0 atom stereocenters. The van der Waals surface area contributed by atoms with Crippen LogP contribution in [-0.2, 0) is 41.0 Å². The molecule has 0 amide bonds. The summed E-state index contributed by atoms with van der Waals surface area (Å²) in [7, 11) is -4.04. The summed E-state index contributed by atoms with van der Waals surface area (Å²) in [6.45, 7) is 12.4. The number of nitrogens with two attached hydrogens (primary N) is 1. The Morgan fingerprint density at radius 1 is 0.455 bits per heavy atom. The van der Waals surface area contributed by atoms with Gasteiger partial charge in [-0.2, -0.15) is 0 Å². The minimum Gasteiger partial charge on any atom is -0.668 e. The van der Waals surface area contributed by atoms with Crippen molar-refractivity contribution in [2.24, 2.45) is 30.5 Å². The van der Waals surface area contributed by atoms with E-state index in [0.29, 0.717) is 153 Å². The van der Waals surface area contributed by atoms with Crippen molar-refractivity contribution in [3.05, 3.63) is 26.7 Å². The SMILES string of the molecule is C.C[Si](C)(C)[N-][Si](C)(C)C.ClCCCC1CC1.ClCCCC1CC1.ClCCCC1CC1.Cn1c(COP(=O)(N(CCCl)C2CC2)N(CCCl)C2CC2)cnc1[N+](=O)[O-].NC1CC1.O=P(Cl)(Cl)N(CCCl)C1CC1.O=P(Cl)(Cl)N(CCCl)C1CC1.O=P(Cl)(N(CCCl)C1CC1)N(CCCl)C1CC1.O=P(Cl)(N(CCCl)C1CC1)N(CCCl)C1CC1.OCCBr.[Li+]. The van der Waals surface area contributed by atoms with Gasteiger partial charge in [0, 0.05) is 177 Å². The molecule has 1 heterocycles. The van der Waals surface area contributed by atoms with E-state index in [-0.39, 0.29) is 57.5 Å². The summed E-state index contributed by atoms with van der Waals surface area (Å²) in [6.07, 6.45) is 37.1. The zero-order chi connectivity index (χ0) is 91.0. The van der Waals surface area contributed by atoms with Crippen molar-refractivity contribution in [3.63, 3.8) is 0 Å². The van der Waals surface area contributed by atoms with E-state index < -0.39 is 54.7 Å². The minimum atomic E-state index is -3.37. The van der Waals surface area contributed by atoms with Crippen LogP contribution >= 0.6 is 244 Å². The number of nitrogens with zero attached hydrogens (tertiary/aromatic N) is 12. The van der Waals surface area contributed by atoms with Crippen molar-refractivity contribution >= 4 is 267 Å². The fourth-order valence-electron chi connectivity index (χ4n) is 12.6.